The Labute approximate surface area is 186 Å². The summed E-state index contributed by atoms with van der Waals surface area (Å²) in [5.41, 5.74) is 3.02. The molecule has 0 radical (unpaired) electrons. The molecule has 1 unspecified atom stereocenters. The maximum Gasteiger partial charge on any atom is 0.282 e. The summed E-state index contributed by atoms with van der Waals surface area (Å²) >= 11 is 3.18. The summed E-state index contributed by atoms with van der Waals surface area (Å²) in [4.78, 5) is 30.0. The van der Waals surface area contributed by atoms with Gasteiger partial charge in [-0.2, -0.15) is 0 Å². The molecular formula is C23H19N3O3S2. The van der Waals surface area contributed by atoms with Gasteiger partial charge >= 0.3 is 0 Å². The molecule has 31 heavy (non-hydrogen) atoms. The zero-order valence-electron chi connectivity index (χ0n) is 16.8. The summed E-state index contributed by atoms with van der Waals surface area (Å²) in [5, 5.41) is 16.0. The number of fused-ring (bicyclic) bond motifs is 2. The second-order valence-corrected chi connectivity index (χ2v) is 9.91. The van der Waals surface area contributed by atoms with Gasteiger partial charge in [-0.25, -0.2) is 4.98 Å². The molecule has 1 aliphatic carbocycles. The number of hydrogen-bond acceptors (Lipinski definition) is 6. The van der Waals surface area contributed by atoms with Gasteiger partial charge in [0.25, 0.3) is 11.6 Å². The number of rotatable bonds is 4. The van der Waals surface area contributed by atoms with Crippen molar-refractivity contribution in [2.75, 3.05) is 5.32 Å². The predicted octanol–water partition coefficient (Wildman–Crippen LogP) is 6.31. The number of carbonyl (C=O) groups is 1. The lowest BCUT2D eigenvalue weighted by atomic mass is 9.88. The van der Waals surface area contributed by atoms with Crippen molar-refractivity contribution >= 4 is 49.5 Å². The SMILES string of the molecule is CC1CCc2c(sc(NC(=O)c3ccccc3[N+](=O)[O-])c2-c2nc3ccccc3s2)C1. The molecule has 156 valence electrons. The lowest BCUT2D eigenvalue weighted by Crippen LogP contribution is -2.13. The van der Waals surface area contributed by atoms with Crippen LogP contribution < -0.4 is 5.32 Å². The molecule has 0 fully saturated rings. The molecule has 6 nitrogen and oxygen atoms in total. The molecule has 1 amide bonds. The second kappa shape index (κ2) is 7.86. The Morgan fingerprint density at radius 3 is 2.74 bits per heavy atom. The Kier molecular flexibility index (Phi) is 5.03. The van der Waals surface area contributed by atoms with Gasteiger partial charge in [-0.15, -0.1) is 22.7 Å². The number of amides is 1. The minimum absolute atomic E-state index is 0.0579. The van der Waals surface area contributed by atoms with Gasteiger partial charge in [0, 0.05) is 16.5 Å². The van der Waals surface area contributed by atoms with Gasteiger partial charge in [0.2, 0.25) is 0 Å². The normalized spacial score (nSPS) is 15.6. The van der Waals surface area contributed by atoms with E-state index in [-0.39, 0.29) is 11.3 Å². The molecule has 2 heterocycles. The molecule has 1 aliphatic rings. The van der Waals surface area contributed by atoms with Gasteiger partial charge in [-0.05, 0) is 48.9 Å². The average Bonchev–Trinajstić information content (AvgIpc) is 3.33. The zero-order chi connectivity index (χ0) is 21.5. The Morgan fingerprint density at radius 1 is 1.16 bits per heavy atom. The van der Waals surface area contributed by atoms with Gasteiger partial charge in [-0.1, -0.05) is 31.2 Å². The average molecular weight is 450 g/mol. The fourth-order valence-corrected chi connectivity index (χ4v) is 6.56. The maximum atomic E-state index is 13.0. The number of thiophene rings is 1. The van der Waals surface area contributed by atoms with E-state index in [4.69, 9.17) is 4.98 Å². The largest absolute Gasteiger partial charge is 0.313 e. The van der Waals surface area contributed by atoms with E-state index >= 15 is 0 Å². The number of nitro benzene ring substituents is 1. The fraction of sp³-hybridized carbons (Fsp3) is 0.217. The van der Waals surface area contributed by atoms with Crippen LogP contribution in [0.3, 0.4) is 0 Å². The smallest absolute Gasteiger partial charge is 0.282 e. The maximum absolute atomic E-state index is 13.0. The number of benzene rings is 2. The van der Waals surface area contributed by atoms with Crippen molar-refractivity contribution in [2.24, 2.45) is 5.92 Å². The van der Waals surface area contributed by atoms with E-state index in [1.165, 1.54) is 22.6 Å². The van der Waals surface area contributed by atoms with Gasteiger partial charge in [0.15, 0.2) is 0 Å². The molecule has 8 heteroatoms. The monoisotopic (exact) mass is 449 g/mol. The Bertz CT molecular complexity index is 1290. The summed E-state index contributed by atoms with van der Waals surface area (Å²) in [6.07, 6.45) is 3.01. The second-order valence-electron chi connectivity index (χ2n) is 7.77. The third-order valence-corrected chi connectivity index (χ3v) is 7.82. The summed E-state index contributed by atoms with van der Waals surface area (Å²) in [6, 6.07) is 14.0. The first kappa shape index (κ1) is 19.8. The molecule has 0 aliphatic heterocycles. The van der Waals surface area contributed by atoms with Crippen LogP contribution in [-0.4, -0.2) is 15.8 Å². The molecule has 0 bridgehead atoms. The highest BCUT2D eigenvalue weighted by atomic mass is 32.1. The molecule has 2 aromatic heterocycles. The lowest BCUT2D eigenvalue weighted by Gasteiger charge is -2.18. The van der Waals surface area contributed by atoms with Crippen molar-refractivity contribution in [2.45, 2.75) is 26.2 Å². The molecule has 4 aromatic rings. The van der Waals surface area contributed by atoms with E-state index in [0.717, 1.165) is 45.1 Å². The lowest BCUT2D eigenvalue weighted by molar-refractivity contribution is -0.385. The highest BCUT2D eigenvalue weighted by molar-refractivity contribution is 7.23. The highest BCUT2D eigenvalue weighted by Crippen LogP contribution is 2.47. The first-order valence-electron chi connectivity index (χ1n) is 10.1. The number of para-hydroxylation sites is 2. The molecule has 0 saturated carbocycles. The van der Waals surface area contributed by atoms with E-state index < -0.39 is 10.8 Å². The van der Waals surface area contributed by atoms with Crippen LogP contribution in [-0.2, 0) is 12.8 Å². The molecule has 2 aromatic carbocycles. The number of thiazole rings is 1. The first-order chi connectivity index (χ1) is 15.0. The summed E-state index contributed by atoms with van der Waals surface area (Å²) in [6.45, 7) is 2.24. The van der Waals surface area contributed by atoms with Crippen molar-refractivity contribution in [1.29, 1.82) is 0 Å². The molecular weight excluding hydrogens is 430 g/mol. The highest BCUT2D eigenvalue weighted by Gasteiger charge is 2.28. The van der Waals surface area contributed by atoms with Crippen LogP contribution in [0.5, 0.6) is 0 Å². The topological polar surface area (TPSA) is 85.1 Å². The standard InChI is InChI=1S/C23H19N3O3S2/c1-13-10-11-15-19(12-13)31-23(20(15)22-24-16-7-3-5-9-18(16)30-22)25-21(27)14-6-2-4-8-17(14)26(28)29/h2-9,13H,10-12H2,1H3,(H,25,27). The number of carbonyl (C=O) groups excluding carboxylic acids is 1. The van der Waals surface area contributed by atoms with E-state index in [2.05, 4.69) is 12.2 Å². The molecule has 0 saturated heterocycles. The molecule has 1 atom stereocenters. The quantitative estimate of drug-likeness (QED) is 0.292. The minimum Gasteiger partial charge on any atom is -0.313 e. The fourth-order valence-electron chi connectivity index (χ4n) is 4.04. The van der Waals surface area contributed by atoms with Crippen LogP contribution in [0.15, 0.2) is 48.5 Å². The van der Waals surface area contributed by atoms with Crippen LogP contribution in [0.25, 0.3) is 20.8 Å². The molecule has 1 N–H and O–H groups in total. The molecule has 5 rings (SSSR count). The summed E-state index contributed by atoms with van der Waals surface area (Å²) in [5.74, 6) is 0.120. The zero-order valence-corrected chi connectivity index (χ0v) is 18.4. The van der Waals surface area contributed by atoms with E-state index in [1.54, 1.807) is 34.8 Å². The first-order valence-corrected chi connectivity index (χ1v) is 11.7. The van der Waals surface area contributed by atoms with Crippen LogP contribution in [0.4, 0.5) is 10.7 Å². The van der Waals surface area contributed by atoms with Crippen LogP contribution >= 0.6 is 22.7 Å². The van der Waals surface area contributed by atoms with Crippen molar-refractivity contribution in [3.63, 3.8) is 0 Å². The van der Waals surface area contributed by atoms with Crippen molar-refractivity contribution in [3.8, 4) is 10.6 Å². The molecule has 0 spiro atoms. The number of nitrogens with one attached hydrogen (secondary N) is 1. The third-order valence-electron chi connectivity index (χ3n) is 5.59. The van der Waals surface area contributed by atoms with Crippen LogP contribution in [0, 0.1) is 16.0 Å². The van der Waals surface area contributed by atoms with E-state index in [9.17, 15) is 14.9 Å². The minimum atomic E-state index is -0.523. The Balaban J connectivity index is 1.60. The number of anilines is 1. The summed E-state index contributed by atoms with van der Waals surface area (Å²) in [7, 11) is 0. The van der Waals surface area contributed by atoms with E-state index in [1.807, 2.05) is 24.3 Å². The summed E-state index contributed by atoms with van der Waals surface area (Å²) < 4.78 is 1.10. The van der Waals surface area contributed by atoms with Crippen LogP contribution in [0.2, 0.25) is 0 Å². The van der Waals surface area contributed by atoms with Gasteiger partial charge in [0.05, 0.1) is 15.1 Å². The number of aromatic nitrogens is 1. The Hall–Kier alpha value is -3.10. The van der Waals surface area contributed by atoms with Gasteiger partial charge < -0.3 is 5.32 Å². The van der Waals surface area contributed by atoms with Crippen molar-refractivity contribution in [3.05, 3.63) is 74.6 Å². The predicted molar refractivity (Wildman–Crippen MR) is 125 cm³/mol. The van der Waals surface area contributed by atoms with E-state index in [0.29, 0.717) is 5.92 Å². The van der Waals surface area contributed by atoms with Gasteiger partial charge in [0.1, 0.15) is 15.6 Å². The van der Waals surface area contributed by atoms with Gasteiger partial charge in [-0.3, -0.25) is 14.9 Å². The number of nitro groups is 1. The number of hydrogen-bond donors (Lipinski definition) is 1. The van der Waals surface area contributed by atoms with Crippen LogP contribution in [0.1, 0.15) is 34.1 Å². The van der Waals surface area contributed by atoms with Crippen molar-refractivity contribution < 1.29 is 9.72 Å². The third kappa shape index (κ3) is 3.62. The number of nitrogens with zero attached hydrogens (tertiary/aromatic N) is 2. The van der Waals surface area contributed by atoms with Crippen molar-refractivity contribution in [1.82, 2.24) is 4.98 Å². The Morgan fingerprint density at radius 2 is 1.94 bits per heavy atom.